The molecule has 12 heteroatoms. The number of sulfonamides is 1. The van der Waals surface area contributed by atoms with Crippen LogP contribution in [0.25, 0.3) is 22.2 Å². The van der Waals surface area contributed by atoms with Crippen LogP contribution in [0.5, 0.6) is 5.75 Å². The monoisotopic (exact) mass is 585 g/mol. The Labute approximate surface area is 241 Å². The first-order chi connectivity index (χ1) is 20.2. The van der Waals surface area contributed by atoms with E-state index in [2.05, 4.69) is 25.3 Å². The second-order valence-electron chi connectivity index (χ2n) is 9.33. The minimum atomic E-state index is -4.32. The Morgan fingerprint density at radius 2 is 1.64 bits per heavy atom. The van der Waals surface area contributed by atoms with Crippen molar-refractivity contribution >= 4 is 44.7 Å². The number of imidazole rings is 1. The van der Waals surface area contributed by atoms with E-state index in [1.807, 2.05) is 24.3 Å². The third kappa shape index (κ3) is 6.57. The molecule has 0 fully saturated rings. The molecule has 1 aromatic heterocycles. The van der Waals surface area contributed by atoms with Crippen LogP contribution >= 0.6 is 0 Å². The number of carbonyl (C=O) groups excluding carboxylic acids is 1. The molecule has 0 bridgehead atoms. The van der Waals surface area contributed by atoms with E-state index in [0.717, 1.165) is 5.52 Å². The van der Waals surface area contributed by atoms with Gasteiger partial charge in [-0.2, -0.15) is 4.72 Å². The summed E-state index contributed by atoms with van der Waals surface area (Å²) < 4.78 is 34.4. The van der Waals surface area contributed by atoms with Crippen molar-refractivity contribution in [2.45, 2.75) is 17.4 Å². The molecule has 11 nitrogen and oxygen atoms in total. The van der Waals surface area contributed by atoms with E-state index < -0.39 is 28.1 Å². The van der Waals surface area contributed by atoms with Crippen molar-refractivity contribution in [1.82, 2.24) is 14.7 Å². The Balaban J connectivity index is 1.36. The normalized spacial score (nSPS) is 12.0. The van der Waals surface area contributed by atoms with Crippen molar-refractivity contribution in [3.8, 4) is 16.9 Å². The standard InChI is InChI=1S/C30H27N5O6S/c1-41-26-15-14-21(18-27(26)42(39,40)35-25(28(36)37)16-19-8-3-2-4-9-19)20-10-7-11-22(17-20)31-30(38)34-29-32-23-12-5-6-13-24(23)33-29/h2-15,17-18,25,35H,16H2,1H3,(H,36,37)(H3,31,32,33,34,38)/t25-/m1/s1. The quantitative estimate of drug-likeness (QED) is 0.156. The summed E-state index contributed by atoms with van der Waals surface area (Å²) in [4.78, 5) is 31.7. The van der Waals surface area contributed by atoms with Crippen LogP contribution in [-0.2, 0) is 21.2 Å². The molecule has 2 amide bonds. The van der Waals surface area contributed by atoms with Gasteiger partial charge in [-0.25, -0.2) is 18.2 Å². The maximum absolute atomic E-state index is 13.4. The van der Waals surface area contributed by atoms with Gasteiger partial charge in [0.2, 0.25) is 16.0 Å². The summed E-state index contributed by atoms with van der Waals surface area (Å²) in [6, 6.07) is 25.6. The number of methoxy groups -OCH3 is 1. The van der Waals surface area contributed by atoms with Crippen LogP contribution in [0.1, 0.15) is 5.56 Å². The Morgan fingerprint density at radius 1 is 0.905 bits per heavy atom. The number of urea groups is 1. The molecule has 4 aromatic carbocycles. The lowest BCUT2D eigenvalue weighted by molar-refractivity contribution is -0.138. The van der Waals surface area contributed by atoms with Crippen LogP contribution in [0.2, 0.25) is 0 Å². The summed E-state index contributed by atoms with van der Waals surface area (Å²) in [6.45, 7) is 0. The van der Waals surface area contributed by atoms with Gasteiger partial charge in [-0.3, -0.25) is 10.1 Å². The molecule has 1 atom stereocenters. The van der Waals surface area contributed by atoms with Gasteiger partial charge in [0.05, 0.1) is 18.1 Å². The first kappa shape index (κ1) is 28.3. The molecule has 0 aliphatic rings. The number of amides is 2. The highest BCUT2D eigenvalue weighted by Gasteiger charge is 2.28. The molecule has 0 saturated heterocycles. The fourth-order valence-corrected chi connectivity index (χ4v) is 5.79. The molecule has 214 valence electrons. The molecule has 5 rings (SSSR count). The Bertz CT molecular complexity index is 1820. The van der Waals surface area contributed by atoms with Gasteiger partial charge in [-0.05, 0) is 59.5 Å². The molecule has 0 radical (unpaired) electrons. The fraction of sp³-hybridized carbons (Fsp3) is 0.100. The Hall–Kier alpha value is -5.20. The van der Waals surface area contributed by atoms with Crippen molar-refractivity contribution in [2.24, 2.45) is 0 Å². The highest BCUT2D eigenvalue weighted by atomic mass is 32.2. The van der Waals surface area contributed by atoms with Crippen LogP contribution in [0.3, 0.4) is 0 Å². The largest absolute Gasteiger partial charge is 0.495 e. The van der Waals surface area contributed by atoms with E-state index in [4.69, 9.17) is 4.74 Å². The second-order valence-corrected chi connectivity index (χ2v) is 11.0. The Kier molecular flexibility index (Phi) is 8.18. The number of fused-ring (bicyclic) bond motifs is 1. The zero-order valence-electron chi connectivity index (χ0n) is 22.4. The molecular weight excluding hydrogens is 558 g/mol. The number of nitrogens with zero attached hydrogens (tertiary/aromatic N) is 1. The predicted molar refractivity (Wildman–Crippen MR) is 159 cm³/mol. The van der Waals surface area contributed by atoms with Gasteiger partial charge >= 0.3 is 12.0 Å². The van der Waals surface area contributed by atoms with Gasteiger partial charge in [0, 0.05) is 5.69 Å². The van der Waals surface area contributed by atoms with E-state index in [0.29, 0.717) is 27.9 Å². The average Bonchev–Trinajstić information content (AvgIpc) is 3.39. The number of hydrogen-bond acceptors (Lipinski definition) is 6. The lowest BCUT2D eigenvalue weighted by Gasteiger charge is -2.17. The Morgan fingerprint density at radius 3 is 2.38 bits per heavy atom. The molecule has 0 aliphatic heterocycles. The molecule has 0 unspecified atom stereocenters. The van der Waals surface area contributed by atoms with E-state index in [-0.39, 0.29) is 23.0 Å². The lowest BCUT2D eigenvalue weighted by atomic mass is 10.0. The molecule has 0 spiro atoms. The van der Waals surface area contributed by atoms with Crippen LogP contribution in [0, 0.1) is 0 Å². The molecule has 1 heterocycles. The number of benzene rings is 4. The van der Waals surface area contributed by atoms with Crippen molar-refractivity contribution in [3.63, 3.8) is 0 Å². The molecule has 0 aliphatic carbocycles. The third-order valence-corrected chi connectivity index (χ3v) is 7.90. The molecule has 5 N–H and O–H groups in total. The van der Waals surface area contributed by atoms with E-state index in [1.54, 1.807) is 60.7 Å². The lowest BCUT2D eigenvalue weighted by Crippen LogP contribution is -2.42. The van der Waals surface area contributed by atoms with Gasteiger partial charge in [0.25, 0.3) is 0 Å². The number of anilines is 2. The maximum atomic E-state index is 13.4. The van der Waals surface area contributed by atoms with E-state index >= 15 is 0 Å². The zero-order valence-corrected chi connectivity index (χ0v) is 23.2. The number of rotatable bonds is 10. The van der Waals surface area contributed by atoms with Gasteiger partial charge in [-0.15, -0.1) is 0 Å². The summed E-state index contributed by atoms with van der Waals surface area (Å²) in [7, 11) is -2.99. The maximum Gasteiger partial charge on any atom is 0.326 e. The number of H-pyrrole nitrogens is 1. The number of ether oxygens (including phenoxy) is 1. The number of aliphatic carboxylic acids is 1. The zero-order chi connectivity index (χ0) is 29.7. The number of carbonyl (C=O) groups is 2. The van der Waals surface area contributed by atoms with Crippen LogP contribution in [0.15, 0.2) is 102 Å². The highest BCUT2D eigenvalue weighted by Crippen LogP contribution is 2.31. The number of aromatic nitrogens is 2. The number of aromatic amines is 1. The summed E-state index contributed by atoms with van der Waals surface area (Å²) in [5, 5.41) is 15.1. The summed E-state index contributed by atoms with van der Waals surface area (Å²) in [6.07, 6.45) is -0.0405. The number of para-hydroxylation sites is 2. The van der Waals surface area contributed by atoms with Gasteiger partial charge < -0.3 is 20.1 Å². The smallest absolute Gasteiger partial charge is 0.326 e. The predicted octanol–water partition coefficient (Wildman–Crippen LogP) is 4.86. The summed E-state index contributed by atoms with van der Waals surface area (Å²) in [5.41, 5.74) is 3.73. The van der Waals surface area contributed by atoms with Gasteiger partial charge in [0.1, 0.15) is 16.7 Å². The number of carboxylic acids is 1. The molecule has 42 heavy (non-hydrogen) atoms. The number of carboxylic acid groups (broad SMARTS) is 1. The van der Waals surface area contributed by atoms with Crippen LogP contribution in [0.4, 0.5) is 16.4 Å². The van der Waals surface area contributed by atoms with Crippen molar-refractivity contribution in [3.05, 3.63) is 103 Å². The van der Waals surface area contributed by atoms with Crippen LogP contribution < -0.4 is 20.1 Å². The first-order valence-corrected chi connectivity index (χ1v) is 14.3. The first-order valence-electron chi connectivity index (χ1n) is 12.8. The average molecular weight is 586 g/mol. The molecular formula is C30H27N5O6S. The minimum Gasteiger partial charge on any atom is -0.495 e. The van der Waals surface area contributed by atoms with E-state index in [1.165, 1.54) is 19.2 Å². The molecule has 5 aromatic rings. The second kappa shape index (κ2) is 12.1. The molecule has 0 saturated carbocycles. The van der Waals surface area contributed by atoms with Gasteiger partial charge in [0.15, 0.2) is 0 Å². The SMILES string of the molecule is COc1ccc(-c2cccc(NC(=O)Nc3nc4ccccc4[nH]3)c2)cc1S(=O)(=O)N[C@H](Cc1ccccc1)C(=O)O. The third-order valence-electron chi connectivity index (χ3n) is 6.41. The van der Waals surface area contributed by atoms with Crippen molar-refractivity contribution < 1.29 is 27.9 Å². The number of hydrogen-bond donors (Lipinski definition) is 5. The minimum absolute atomic E-state index is 0.0405. The summed E-state index contributed by atoms with van der Waals surface area (Å²) in [5.74, 6) is -0.971. The van der Waals surface area contributed by atoms with Crippen molar-refractivity contribution in [1.29, 1.82) is 0 Å². The highest BCUT2D eigenvalue weighted by molar-refractivity contribution is 7.89. The fourth-order valence-electron chi connectivity index (χ4n) is 4.40. The number of nitrogens with one attached hydrogen (secondary N) is 4. The summed E-state index contributed by atoms with van der Waals surface area (Å²) >= 11 is 0. The van der Waals surface area contributed by atoms with E-state index in [9.17, 15) is 23.1 Å². The topological polar surface area (TPSA) is 163 Å². The van der Waals surface area contributed by atoms with Gasteiger partial charge in [-0.1, -0.05) is 60.7 Å². The van der Waals surface area contributed by atoms with Crippen LogP contribution in [-0.4, -0.2) is 48.6 Å². The van der Waals surface area contributed by atoms with Crippen molar-refractivity contribution in [2.75, 3.05) is 17.7 Å².